The molecule has 0 aromatic rings. The van der Waals surface area contributed by atoms with Gasteiger partial charge in [-0.15, -0.1) is 12.3 Å². The smallest absolute Gasteiger partial charge is 0.336 e. The van der Waals surface area contributed by atoms with Gasteiger partial charge in [0.2, 0.25) is 0 Å². The number of carbonyl (C=O) groups excluding carboxylic acids is 1. The van der Waals surface area contributed by atoms with Crippen molar-refractivity contribution >= 4 is 11.7 Å². The third kappa shape index (κ3) is 2.43. The van der Waals surface area contributed by atoms with Crippen LogP contribution in [0.3, 0.4) is 0 Å². The second-order valence-corrected chi connectivity index (χ2v) is 3.58. The van der Waals surface area contributed by atoms with Crippen LogP contribution in [0.5, 0.6) is 0 Å². The van der Waals surface area contributed by atoms with Gasteiger partial charge in [0, 0.05) is 23.7 Å². The highest BCUT2D eigenvalue weighted by molar-refractivity contribution is 6.00. The normalized spacial score (nSPS) is 19.6. The average Bonchev–Trinajstić information content (AvgIpc) is 2.24. The minimum absolute atomic E-state index is 0.134. The zero-order chi connectivity index (χ0) is 12.1. The molecule has 1 unspecified atom stereocenters. The minimum Gasteiger partial charge on any atom is -0.463 e. The molecule has 0 saturated carbocycles. The van der Waals surface area contributed by atoms with Gasteiger partial charge < -0.3 is 4.74 Å². The zero-order valence-electron chi connectivity index (χ0n) is 9.83. The van der Waals surface area contributed by atoms with Gasteiger partial charge in [-0.1, -0.05) is 0 Å². The van der Waals surface area contributed by atoms with Gasteiger partial charge in [0.1, 0.15) is 0 Å². The Morgan fingerprint density at radius 2 is 2.31 bits per heavy atom. The van der Waals surface area contributed by atoms with Gasteiger partial charge in [-0.3, -0.25) is 5.43 Å². The summed E-state index contributed by atoms with van der Waals surface area (Å²) in [5, 5.41) is 4.11. The summed E-state index contributed by atoms with van der Waals surface area (Å²) in [4.78, 5) is 11.8. The van der Waals surface area contributed by atoms with Crippen molar-refractivity contribution in [3.05, 3.63) is 11.3 Å². The molecule has 0 amide bonds. The SMILES string of the molecule is C#CCC1C(C)=NNC(C)=C1C(=O)OCC. The molecule has 1 aliphatic rings. The maximum absolute atomic E-state index is 11.8. The van der Waals surface area contributed by atoms with Crippen LogP contribution in [0.25, 0.3) is 0 Å². The first kappa shape index (κ1) is 12.3. The number of esters is 1. The van der Waals surface area contributed by atoms with Crippen LogP contribution in [0, 0.1) is 18.3 Å². The number of hydrogen-bond acceptors (Lipinski definition) is 4. The lowest BCUT2D eigenvalue weighted by molar-refractivity contribution is -0.139. The zero-order valence-corrected chi connectivity index (χ0v) is 9.83. The summed E-state index contributed by atoms with van der Waals surface area (Å²) in [6.07, 6.45) is 5.76. The van der Waals surface area contributed by atoms with Crippen LogP contribution in [0.2, 0.25) is 0 Å². The van der Waals surface area contributed by atoms with E-state index < -0.39 is 0 Å². The molecule has 1 N–H and O–H groups in total. The van der Waals surface area contributed by atoms with Gasteiger partial charge >= 0.3 is 5.97 Å². The summed E-state index contributed by atoms with van der Waals surface area (Å²) in [6, 6.07) is 0. The van der Waals surface area contributed by atoms with Gasteiger partial charge in [0.05, 0.1) is 12.2 Å². The van der Waals surface area contributed by atoms with Crippen molar-refractivity contribution in [2.24, 2.45) is 11.0 Å². The van der Waals surface area contributed by atoms with Gasteiger partial charge in [0.25, 0.3) is 0 Å². The first-order valence-electron chi connectivity index (χ1n) is 5.23. The number of hydrazone groups is 1. The number of nitrogens with one attached hydrogen (secondary N) is 1. The summed E-state index contributed by atoms with van der Waals surface area (Å²) in [6.45, 7) is 5.78. The number of rotatable bonds is 3. The van der Waals surface area contributed by atoms with E-state index in [4.69, 9.17) is 11.2 Å². The molecule has 1 atom stereocenters. The monoisotopic (exact) mass is 220 g/mol. The lowest BCUT2D eigenvalue weighted by Crippen LogP contribution is -2.30. The Kier molecular flexibility index (Phi) is 4.12. The second kappa shape index (κ2) is 5.36. The summed E-state index contributed by atoms with van der Waals surface area (Å²) in [5.41, 5.74) is 4.92. The van der Waals surface area contributed by atoms with Crippen molar-refractivity contribution in [2.75, 3.05) is 6.61 Å². The van der Waals surface area contributed by atoms with E-state index in [0.29, 0.717) is 24.3 Å². The number of ether oxygens (including phenoxy) is 1. The Morgan fingerprint density at radius 3 is 2.88 bits per heavy atom. The van der Waals surface area contributed by atoms with Gasteiger partial charge in [-0.2, -0.15) is 5.10 Å². The van der Waals surface area contributed by atoms with Crippen molar-refractivity contribution in [3.8, 4) is 12.3 Å². The predicted molar refractivity (Wildman–Crippen MR) is 62.5 cm³/mol. The van der Waals surface area contributed by atoms with Crippen molar-refractivity contribution in [1.82, 2.24) is 5.43 Å². The van der Waals surface area contributed by atoms with Crippen LogP contribution in [0.1, 0.15) is 27.2 Å². The molecule has 0 radical (unpaired) electrons. The summed E-state index contributed by atoms with van der Waals surface area (Å²) < 4.78 is 5.02. The molecule has 1 rings (SSSR count). The van der Waals surface area contributed by atoms with E-state index in [1.165, 1.54) is 0 Å². The number of carbonyl (C=O) groups is 1. The number of terminal acetylenes is 1. The Balaban J connectivity index is 3.00. The van der Waals surface area contributed by atoms with E-state index in [1.807, 2.05) is 6.92 Å². The Labute approximate surface area is 95.7 Å². The van der Waals surface area contributed by atoms with Gasteiger partial charge in [-0.05, 0) is 20.8 Å². The van der Waals surface area contributed by atoms with Crippen molar-refractivity contribution in [3.63, 3.8) is 0 Å². The van der Waals surface area contributed by atoms with E-state index in [-0.39, 0.29) is 11.9 Å². The van der Waals surface area contributed by atoms with Crippen LogP contribution in [-0.4, -0.2) is 18.3 Å². The van der Waals surface area contributed by atoms with Crippen molar-refractivity contribution in [1.29, 1.82) is 0 Å². The number of allylic oxidation sites excluding steroid dienone is 1. The largest absolute Gasteiger partial charge is 0.463 e. The molecule has 0 aromatic heterocycles. The Morgan fingerprint density at radius 1 is 1.62 bits per heavy atom. The molecule has 86 valence electrons. The van der Waals surface area contributed by atoms with Crippen LogP contribution in [0.15, 0.2) is 16.4 Å². The first-order valence-corrected chi connectivity index (χ1v) is 5.23. The molecule has 1 aliphatic heterocycles. The quantitative estimate of drug-likeness (QED) is 0.578. The summed E-state index contributed by atoms with van der Waals surface area (Å²) >= 11 is 0. The molecule has 4 nitrogen and oxygen atoms in total. The fourth-order valence-electron chi connectivity index (χ4n) is 1.65. The summed E-state index contributed by atoms with van der Waals surface area (Å²) in [7, 11) is 0. The Hall–Kier alpha value is -1.76. The molecule has 0 fully saturated rings. The lowest BCUT2D eigenvalue weighted by Gasteiger charge is -2.23. The molecular formula is C12H16N2O2. The average molecular weight is 220 g/mol. The maximum Gasteiger partial charge on any atom is 0.336 e. The van der Waals surface area contributed by atoms with E-state index >= 15 is 0 Å². The second-order valence-electron chi connectivity index (χ2n) is 3.58. The highest BCUT2D eigenvalue weighted by Gasteiger charge is 2.29. The summed E-state index contributed by atoms with van der Waals surface area (Å²) in [5.74, 6) is 2.11. The molecule has 16 heavy (non-hydrogen) atoms. The third-order valence-corrected chi connectivity index (χ3v) is 2.47. The molecule has 1 heterocycles. The fraction of sp³-hybridized carbons (Fsp3) is 0.500. The molecule has 0 aromatic carbocycles. The molecule has 0 aliphatic carbocycles. The molecular weight excluding hydrogens is 204 g/mol. The standard InChI is InChI=1S/C12H16N2O2/c1-5-7-10-8(3)13-14-9(4)11(10)12(15)16-6-2/h1,10,14H,6-7H2,2-4H3. The van der Waals surface area contributed by atoms with Crippen molar-refractivity contribution in [2.45, 2.75) is 27.2 Å². The predicted octanol–water partition coefficient (Wildman–Crippen LogP) is 1.44. The lowest BCUT2D eigenvalue weighted by atomic mass is 9.89. The van der Waals surface area contributed by atoms with Crippen molar-refractivity contribution < 1.29 is 9.53 Å². The molecule has 4 heteroatoms. The molecule has 0 saturated heterocycles. The van der Waals surface area contributed by atoms with Crippen LogP contribution < -0.4 is 5.43 Å². The fourth-order valence-corrected chi connectivity index (χ4v) is 1.65. The first-order chi connectivity index (χ1) is 7.61. The van der Waals surface area contributed by atoms with Crippen LogP contribution in [-0.2, 0) is 9.53 Å². The highest BCUT2D eigenvalue weighted by atomic mass is 16.5. The van der Waals surface area contributed by atoms with E-state index in [1.54, 1.807) is 13.8 Å². The minimum atomic E-state index is -0.318. The number of nitrogens with zero attached hydrogens (tertiary/aromatic N) is 1. The van der Waals surface area contributed by atoms with Gasteiger partial charge in [-0.25, -0.2) is 4.79 Å². The molecule has 0 bridgehead atoms. The third-order valence-electron chi connectivity index (χ3n) is 2.47. The molecule has 0 spiro atoms. The van der Waals surface area contributed by atoms with E-state index in [2.05, 4.69) is 16.4 Å². The van der Waals surface area contributed by atoms with E-state index in [9.17, 15) is 4.79 Å². The van der Waals surface area contributed by atoms with Crippen LogP contribution >= 0.6 is 0 Å². The maximum atomic E-state index is 11.8. The van der Waals surface area contributed by atoms with E-state index in [0.717, 1.165) is 5.71 Å². The number of hydrogen-bond donors (Lipinski definition) is 1. The van der Waals surface area contributed by atoms with Gasteiger partial charge in [0.15, 0.2) is 0 Å². The van der Waals surface area contributed by atoms with Crippen LogP contribution in [0.4, 0.5) is 0 Å². The topological polar surface area (TPSA) is 50.7 Å². The highest BCUT2D eigenvalue weighted by Crippen LogP contribution is 2.24. The Bertz CT molecular complexity index is 388.